The van der Waals surface area contributed by atoms with Gasteiger partial charge in [0.25, 0.3) is 0 Å². The first-order chi connectivity index (χ1) is 15.2. The first kappa shape index (κ1) is 19.4. The van der Waals surface area contributed by atoms with Crippen LogP contribution in [0.4, 0.5) is 11.6 Å². The zero-order chi connectivity index (χ0) is 21.2. The van der Waals surface area contributed by atoms with Gasteiger partial charge in [0.2, 0.25) is 12.7 Å². The molecule has 8 nitrogen and oxygen atoms in total. The van der Waals surface area contributed by atoms with E-state index in [-0.39, 0.29) is 6.79 Å². The number of rotatable bonds is 6. The number of ether oxygens (including phenoxy) is 4. The summed E-state index contributed by atoms with van der Waals surface area (Å²) in [6.07, 6.45) is 2.77. The molecule has 0 unspecified atom stereocenters. The molecule has 160 valence electrons. The van der Waals surface area contributed by atoms with E-state index >= 15 is 0 Å². The maximum absolute atomic E-state index is 5.52. The van der Waals surface area contributed by atoms with Crippen LogP contribution in [0.5, 0.6) is 23.0 Å². The quantitative estimate of drug-likeness (QED) is 0.649. The van der Waals surface area contributed by atoms with Crippen LogP contribution in [-0.4, -0.2) is 42.4 Å². The number of nitrogens with zero attached hydrogens (tertiary/aromatic N) is 3. The Kier molecular flexibility index (Phi) is 5.21. The fraction of sp³-hybridized carbons (Fsp3) is 0.304. The van der Waals surface area contributed by atoms with Crippen molar-refractivity contribution in [3.05, 3.63) is 59.4 Å². The lowest BCUT2D eigenvalue weighted by molar-refractivity contribution is 0.174. The highest BCUT2D eigenvalue weighted by Gasteiger charge is 2.20. The van der Waals surface area contributed by atoms with Crippen LogP contribution < -0.4 is 24.3 Å². The van der Waals surface area contributed by atoms with E-state index < -0.39 is 0 Å². The van der Waals surface area contributed by atoms with Gasteiger partial charge >= 0.3 is 0 Å². The third-order valence-corrected chi connectivity index (χ3v) is 5.52. The number of nitrogens with one attached hydrogen (secondary N) is 1. The minimum Gasteiger partial charge on any atom is -0.497 e. The first-order valence-electron chi connectivity index (χ1n) is 10.2. The molecule has 0 radical (unpaired) electrons. The number of hydrogen-bond donors (Lipinski definition) is 1. The number of anilines is 2. The summed E-state index contributed by atoms with van der Waals surface area (Å²) in [6.45, 7) is 2.73. The molecule has 0 saturated carbocycles. The lowest BCUT2D eigenvalue weighted by Gasteiger charge is -2.28. The fourth-order valence-electron chi connectivity index (χ4n) is 3.92. The second-order valence-corrected chi connectivity index (χ2v) is 7.50. The van der Waals surface area contributed by atoms with Crippen molar-refractivity contribution < 1.29 is 18.9 Å². The molecule has 5 rings (SSSR count). The largest absolute Gasteiger partial charge is 0.497 e. The maximum atomic E-state index is 5.52. The van der Waals surface area contributed by atoms with Crippen molar-refractivity contribution in [3.63, 3.8) is 0 Å². The Morgan fingerprint density at radius 1 is 1.06 bits per heavy atom. The second-order valence-electron chi connectivity index (χ2n) is 7.50. The van der Waals surface area contributed by atoms with Gasteiger partial charge in [0, 0.05) is 55.1 Å². The summed E-state index contributed by atoms with van der Waals surface area (Å²) in [5, 5.41) is 3.26. The lowest BCUT2D eigenvalue weighted by Crippen LogP contribution is -2.31. The van der Waals surface area contributed by atoms with E-state index in [0.29, 0.717) is 5.95 Å². The summed E-state index contributed by atoms with van der Waals surface area (Å²) >= 11 is 0. The molecule has 8 heteroatoms. The van der Waals surface area contributed by atoms with Crippen LogP contribution in [0, 0.1) is 0 Å². The topological polar surface area (TPSA) is 78.0 Å². The summed E-state index contributed by atoms with van der Waals surface area (Å²) in [4.78, 5) is 11.6. The number of aromatic nitrogens is 2. The zero-order valence-corrected chi connectivity index (χ0v) is 17.6. The van der Waals surface area contributed by atoms with Crippen LogP contribution >= 0.6 is 0 Å². The molecule has 31 heavy (non-hydrogen) atoms. The predicted octanol–water partition coefficient (Wildman–Crippen LogP) is 3.52. The van der Waals surface area contributed by atoms with Crippen LogP contribution in [0.25, 0.3) is 0 Å². The Bertz CT molecular complexity index is 1100. The van der Waals surface area contributed by atoms with E-state index in [0.717, 1.165) is 71.6 Å². The van der Waals surface area contributed by atoms with Crippen molar-refractivity contribution in [2.75, 3.05) is 32.9 Å². The Labute approximate surface area is 180 Å². The normalized spacial score (nSPS) is 14.8. The number of hydrogen-bond acceptors (Lipinski definition) is 8. The molecule has 0 spiro atoms. The van der Waals surface area contributed by atoms with Crippen LogP contribution in [0.15, 0.2) is 42.6 Å². The van der Waals surface area contributed by atoms with Crippen LogP contribution in [-0.2, 0) is 19.5 Å². The molecule has 0 atom stereocenters. The van der Waals surface area contributed by atoms with Gasteiger partial charge in [0.05, 0.1) is 19.9 Å². The molecule has 0 saturated heterocycles. The fourth-order valence-corrected chi connectivity index (χ4v) is 3.92. The molecular formula is C23H24N4O4. The van der Waals surface area contributed by atoms with Gasteiger partial charge in [-0.3, -0.25) is 4.90 Å². The minimum absolute atomic E-state index is 0.256. The molecule has 0 aliphatic carbocycles. The van der Waals surface area contributed by atoms with Crippen molar-refractivity contribution >= 4 is 11.6 Å². The van der Waals surface area contributed by atoms with Gasteiger partial charge in [0.1, 0.15) is 11.5 Å². The average Bonchev–Trinajstić information content (AvgIpc) is 3.27. The number of fused-ring (bicyclic) bond motifs is 2. The smallest absolute Gasteiger partial charge is 0.231 e. The first-order valence-corrected chi connectivity index (χ1v) is 10.2. The van der Waals surface area contributed by atoms with Crippen molar-refractivity contribution in [2.45, 2.75) is 19.5 Å². The summed E-state index contributed by atoms with van der Waals surface area (Å²) in [5.41, 5.74) is 4.19. The third kappa shape index (κ3) is 4.06. The lowest BCUT2D eigenvalue weighted by atomic mass is 10.1. The van der Waals surface area contributed by atoms with Crippen LogP contribution in [0.1, 0.15) is 16.8 Å². The summed E-state index contributed by atoms with van der Waals surface area (Å²) < 4.78 is 21.7. The van der Waals surface area contributed by atoms with Crippen LogP contribution in [0.3, 0.4) is 0 Å². The second kappa shape index (κ2) is 8.31. The van der Waals surface area contributed by atoms with Crippen molar-refractivity contribution in [2.24, 2.45) is 0 Å². The molecule has 2 aliphatic rings. The van der Waals surface area contributed by atoms with E-state index in [2.05, 4.69) is 15.2 Å². The molecule has 3 aromatic rings. The molecule has 0 amide bonds. The van der Waals surface area contributed by atoms with Gasteiger partial charge in [-0.25, -0.2) is 9.97 Å². The van der Waals surface area contributed by atoms with Gasteiger partial charge in [0.15, 0.2) is 11.5 Å². The molecule has 0 bridgehead atoms. The van der Waals surface area contributed by atoms with Gasteiger partial charge in [-0.15, -0.1) is 0 Å². The highest BCUT2D eigenvalue weighted by Crippen LogP contribution is 2.35. The molecule has 3 heterocycles. The minimum atomic E-state index is 0.256. The summed E-state index contributed by atoms with van der Waals surface area (Å²) in [5.74, 6) is 3.76. The number of benzene rings is 2. The Morgan fingerprint density at radius 2 is 1.97 bits per heavy atom. The maximum Gasteiger partial charge on any atom is 0.231 e. The molecule has 2 aromatic carbocycles. The van der Waals surface area contributed by atoms with Crippen LogP contribution in [0.2, 0.25) is 0 Å². The van der Waals surface area contributed by atoms with Crippen molar-refractivity contribution in [1.29, 1.82) is 0 Å². The number of methoxy groups -OCH3 is 2. The monoisotopic (exact) mass is 420 g/mol. The highest BCUT2D eigenvalue weighted by atomic mass is 16.7. The standard InChI is InChI=1S/C23H24N4O4/c1-28-18-4-6-20(29-2)15(9-18)12-27-8-7-19-16(13-27)11-24-23(26-19)25-17-3-5-21-22(10-17)31-14-30-21/h3-6,9-11H,7-8,12-14H2,1-2H3,(H,24,25,26). The van der Waals surface area contributed by atoms with Gasteiger partial charge in [-0.1, -0.05) is 0 Å². The Balaban J connectivity index is 1.28. The molecule has 2 aliphatic heterocycles. The average molecular weight is 420 g/mol. The SMILES string of the molecule is COc1ccc(OC)c(CN2CCc3nc(Nc4ccc5c(c4)OCO5)ncc3C2)c1. The van der Waals surface area contributed by atoms with Gasteiger partial charge < -0.3 is 24.3 Å². The van der Waals surface area contributed by atoms with Crippen molar-refractivity contribution in [1.82, 2.24) is 14.9 Å². The molecule has 1 aromatic heterocycles. The van der Waals surface area contributed by atoms with E-state index in [4.69, 9.17) is 23.9 Å². The summed E-state index contributed by atoms with van der Waals surface area (Å²) in [6, 6.07) is 11.6. The van der Waals surface area contributed by atoms with Gasteiger partial charge in [-0.05, 0) is 30.3 Å². The molecule has 1 N–H and O–H groups in total. The zero-order valence-electron chi connectivity index (χ0n) is 17.6. The van der Waals surface area contributed by atoms with Crippen molar-refractivity contribution in [3.8, 4) is 23.0 Å². The van der Waals surface area contributed by atoms with Gasteiger partial charge in [-0.2, -0.15) is 0 Å². The van der Waals surface area contributed by atoms with E-state index in [9.17, 15) is 0 Å². The Morgan fingerprint density at radius 3 is 2.84 bits per heavy atom. The van der Waals surface area contributed by atoms with E-state index in [1.807, 2.05) is 42.6 Å². The van der Waals surface area contributed by atoms with E-state index in [1.54, 1.807) is 14.2 Å². The molecule has 0 fully saturated rings. The third-order valence-electron chi connectivity index (χ3n) is 5.52. The molecular weight excluding hydrogens is 396 g/mol. The highest BCUT2D eigenvalue weighted by molar-refractivity contribution is 5.60. The summed E-state index contributed by atoms with van der Waals surface area (Å²) in [7, 11) is 3.37. The predicted molar refractivity (Wildman–Crippen MR) is 115 cm³/mol. The van der Waals surface area contributed by atoms with E-state index in [1.165, 1.54) is 0 Å². The Hall–Kier alpha value is -3.52.